The fourth-order valence-electron chi connectivity index (χ4n) is 5.44. The Kier molecular flexibility index (Phi) is 5.80. The van der Waals surface area contributed by atoms with Gasteiger partial charge in [0.15, 0.2) is 0 Å². The fourth-order valence-corrected chi connectivity index (χ4v) is 5.44. The summed E-state index contributed by atoms with van der Waals surface area (Å²) in [5, 5.41) is 9.86. The maximum Gasteiger partial charge on any atom is 0.330 e. The normalized spacial score (nSPS) is 35.8. The van der Waals surface area contributed by atoms with Crippen LogP contribution in [-0.2, 0) is 14.3 Å². The van der Waals surface area contributed by atoms with Crippen LogP contribution in [0.1, 0.15) is 65.7 Å². The Morgan fingerprint density at radius 2 is 2.04 bits per heavy atom. The molecule has 0 aromatic rings. The highest BCUT2D eigenvalue weighted by molar-refractivity contribution is 5.82. The molecule has 0 aliphatic heterocycles. The van der Waals surface area contributed by atoms with Crippen LogP contribution in [0.5, 0.6) is 0 Å². The van der Waals surface area contributed by atoms with Crippen molar-refractivity contribution in [1.82, 2.24) is 0 Å². The van der Waals surface area contributed by atoms with Gasteiger partial charge in [-0.2, -0.15) is 0 Å². The van der Waals surface area contributed by atoms with Gasteiger partial charge in [-0.05, 0) is 69.6 Å². The van der Waals surface area contributed by atoms with Crippen LogP contribution >= 0.6 is 0 Å². The van der Waals surface area contributed by atoms with Crippen LogP contribution in [0.3, 0.4) is 0 Å². The van der Waals surface area contributed by atoms with Gasteiger partial charge in [0.1, 0.15) is 0 Å². The lowest BCUT2D eigenvalue weighted by molar-refractivity contribution is -0.164. The average Bonchev–Trinajstić information content (AvgIpc) is 2.53. The summed E-state index contributed by atoms with van der Waals surface area (Å²) in [6.07, 6.45) is 7.89. The number of methoxy groups -OCH3 is 1. The zero-order valence-corrected chi connectivity index (χ0v) is 16.1. The zero-order valence-electron chi connectivity index (χ0n) is 16.1. The molecule has 4 nitrogen and oxygen atoms in total. The minimum atomic E-state index is -0.656. The Morgan fingerprint density at radius 3 is 2.64 bits per heavy atom. The van der Waals surface area contributed by atoms with E-state index in [4.69, 9.17) is 4.74 Å². The number of allylic oxidation sites excluding steroid dienone is 2. The average molecular weight is 348 g/mol. The summed E-state index contributed by atoms with van der Waals surface area (Å²) in [6, 6.07) is 0. The number of esters is 1. The number of hydrogen-bond donors (Lipinski definition) is 1. The van der Waals surface area contributed by atoms with Crippen molar-refractivity contribution in [1.29, 1.82) is 0 Å². The standard InChI is InChI=1S/C21H32O4/c1-14(13-18(22)25-5)7-9-16-15(2)8-10-17-20(16,3)11-6-12-21(17,4)19(23)24/h13,16-17H,2,6-12H2,1,3-5H3,(H,23,24)/b14-13+/t16-,17-,20+,21-/m0/s1. The number of fused-ring (bicyclic) bond motifs is 1. The number of aliphatic carboxylic acids is 1. The van der Waals surface area contributed by atoms with Crippen LogP contribution in [0.2, 0.25) is 0 Å². The smallest absolute Gasteiger partial charge is 0.330 e. The molecular weight excluding hydrogens is 316 g/mol. The van der Waals surface area contributed by atoms with Crippen LogP contribution in [0.25, 0.3) is 0 Å². The number of rotatable bonds is 5. The zero-order chi connectivity index (χ0) is 18.8. The third kappa shape index (κ3) is 3.68. The monoisotopic (exact) mass is 348 g/mol. The molecule has 4 atom stereocenters. The van der Waals surface area contributed by atoms with Crippen LogP contribution in [0, 0.1) is 22.7 Å². The molecule has 0 aromatic heterocycles. The van der Waals surface area contributed by atoms with E-state index in [-0.39, 0.29) is 17.3 Å². The fraction of sp³-hybridized carbons (Fsp3) is 0.714. The molecule has 0 unspecified atom stereocenters. The van der Waals surface area contributed by atoms with E-state index in [0.29, 0.717) is 5.92 Å². The minimum absolute atomic E-state index is 0.0216. The van der Waals surface area contributed by atoms with E-state index in [1.165, 1.54) is 12.7 Å². The third-order valence-corrected chi connectivity index (χ3v) is 6.90. The Labute approximate surface area is 151 Å². The van der Waals surface area contributed by atoms with Gasteiger partial charge in [-0.3, -0.25) is 4.79 Å². The summed E-state index contributed by atoms with van der Waals surface area (Å²) in [4.78, 5) is 23.4. The first kappa shape index (κ1) is 19.7. The Balaban J connectivity index is 2.22. The molecule has 0 aromatic carbocycles. The van der Waals surface area contributed by atoms with Crippen molar-refractivity contribution >= 4 is 11.9 Å². The summed E-state index contributed by atoms with van der Waals surface area (Å²) >= 11 is 0. The first-order valence-corrected chi connectivity index (χ1v) is 9.31. The molecule has 2 aliphatic rings. The van der Waals surface area contributed by atoms with Gasteiger partial charge < -0.3 is 9.84 Å². The van der Waals surface area contributed by atoms with Crippen LogP contribution in [0.15, 0.2) is 23.8 Å². The van der Waals surface area contributed by atoms with Crippen LogP contribution in [0.4, 0.5) is 0 Å². The van der Waals surface area contributed by atoms with Crippen molar-refractivity contribution in [3.05, 3.63) is 23.8 Å². The number of carboxylic acid groups (broad SMARTS) is 1. The van der Waals surface area contributed by atoms with Crippen molar-refractivity contribution in [2.24, 2.45) is 22.7 Å². The highest BCUT2D eigenvalue weighted by Gasteiger charge is 2.57. The second-order valence-electron chi connectivity index (χ2n) is 8.44. The molecule has 0 spiro atoms. The van der Waals surface area contributed by atoms with E-state index < -0.39 is 11.4 Å². The minimum Gasteiger partial charge on any atom is -0.481 e. The van der Waals surface area contributed by atoms with Crippen LogP contribution < -0.4 is 0 Å². The van der Waals surface area contributed by atoms with Gasteiger partial charge in [-0.1, -0.05) is 31.1 Å². The number of carbonyl (C=O) groups is 2. The predicted molar refractivity (Wildman–Crippen MR) is 98.1 cm³/mol. The van der Waals surface area contributed by atoms with Crippen LogP contribution in [-0.4, -0.2) is 24.2 Å². The van der Waals surface area contributed by atoms with Gasteiger partial charge in [0, 0.05) is 6.08 Å². The highest BCUT2D eigenvalue weighted by Crippen LogP contribution is 2.62. The Bertz CT molecular complexity index is 591. The molecule has 140 valence electrons. The first-order valence-electron chi connectivity index (χ1n) is 9.31. The van der Waals surface area contributed by atoms with E-state index >= 15 is 0 Å². The summed E-state index contributed by atoms with van der Waals surface area (Å²) in [6.45, 7) is 10.5. The number of ether oxygens (including phenoxy) is 1. The van der Waals surface area contributed by atoms with E-state index in [1.807, 2.05) is 13.8 Å². The summed E-state index contributed by atoms with van der Waals surface area (Å²) in [5.74, 6) is -0.477. The van der Waals surface area contributed by atoms with Gasteiger partial charge in [-0.15, -0.1) is 0 Å². The lowest BCUT2D eigenvalue weighted by Crippen LogP contribution is -2.53. The molecular formula is C21H32O4. The SMILES string of the molecule is C=C1CC[C@H]2[C@](C)(CCC[C@]2(C)C(=O)O)[C@H]1CC/C(C)=C/C(=O)OC. The third-order valence-electron chi connectivity index (χ3n) is 6.90. The quantitative estimate of drug-likeness (QED) is 0.442. The molecule has 2 fully saturated rings. The molecule has 2 aliphatic carbocycles. The first-order chi connectivity index (χ1) is 11.6. The lowest BCUT2D eigenvalue weighted by Gasteiger charge is -2.57. The lowest BCUT2D eigenvalue weighted by atomic mass is 9.46. The van der Waals surface area contributed by atoms with Gasteiger partial charge >= 0.3 is 11.9 Å². The summed E-state index contributed by atoms with van der Waals surface area (Å²) in [5.41, 5.74) is 1.59. The second-order valence-corrected chi connectivity index (χ2v) is 8.44. The van der Waals surface area contributed by atoms with Crippen molar-refractivity contribution in [3.8, 4) is 0 Å². The predicted octanol–water partition coefficient (Wildman–Crippen LogP) is 4.75. The maximum atomic E-state index is 12.0. The largest absolute Gasteiger partial charge is 0.481 e. The number of carboxylic acids is 1. The molecule has 4 heteroatoms. The van der Waals surface area contributed by atoms with Crippen molar-refractivity contribution in [3.63, 3.8) is 0 Å². The van der Waals surface area contributed by atoms with Crippen molar-refractivity contribution in [2.75, 3.05) is 7.11 Å². The van der Waals surface area contributed by atoms with Gasteiger partial charge in [0.2, 0.25) is 0 Å². The molecule has 1 N–H and O–H groups in total. The summed E-state index contributed by atoms with van der Waals surface area (Å²) < 4.78 is 4.70. The van der Waals surface area contributed by atoms with Crippen molar-refractivity contribution in [2.45, 2.75) is 65.7 Å². The molecule has 25 heavy (non-hydrogen) atoms. The molecule has 0 saturated heterocycles. The van der Waals surface area contributed by atoms with E-state index in [1.54, 1.807) is 6.08 Å². The Morgan fingerprint density at radius 1 is 1.36 bits per heavy atom. The molecule has 2 saturated carbocycles. The van der Waals surface area contributed by atoms with Gasteiger partial charge in [-0.25, -0.2) is 4.79 Å². The van der Waals surface area contributed by atoms with E-state index in [9.17, 15) is 14.7 Å². The van der Waals surface area contributed by atoms with Gasteiger partial charge in [0.05, 0.1) is 12.5 Å². The topological polar surface area (TPSA) is 63.6 Å². The number of carbonyl (C=O) groups excluding carboxylic acids is 1. The van der Waals surface area contributed by atoms with E-state index in [2.05, 4.69) is 13.5 Å². The molecule has 0 radical (unpaired) electrons. The number of hydrogen-bond acceptors (Lipinski definition) is 3. The molecule has 0 heterocycles. The van der Waals surface area contributed by atoms with Gasteiger partial charge in [0.25, 0.3) is 0 Å². The highest BCUT2D eigenvalue weighted by atomic mass is 16.5. The maximum absolute atomic E-state index is 12.0. The molecule has 2 rings (SSSR count). The second kappa shape index (κ2) is 7.35. The van der Waals surface area contributed by atoms with Crippen molar-refractivity contribution < 1.29 is 19.4 Å². The summed E-state index contributed by atoms with van der Waals surface area (Å²) in [7, 11) is 1.38. The molecule has 0 amide bonds. The molecule has 0 bridgehead atoms. The van der Waals surface area contributed by atoms with E-state index in [0.717, 1.165) is 50.5 Å². The Hall–Kier alpha value is -1.58.